The maximum absolute atomic E-state index is 5.82. The monoisotopic (exact) mass is 323 g/mol. The molecule has 4 heteroatoms. The normalized spacial score (nSPS) is 10.9. The number of nitrogens with two attached hydrogens (primary N) is 1. The fourth-order valence-electron chi connectivity index (χ4n) is 1.22. The number of halogens is 2. The van der Waals surface area contributed by atoms with E-state index in [2.05, 4.69) is 34.0 Å². The van der Waals surface area contributed by atoms with Gasteiger partial charge >= 0.3 is 0 Å². The van der Waals surface area contributed by atoms with Crippen molar-refractivity contribution in [2.24, 2.45) is 0 Å². The average molecular weight is 324 g/mol. The van der Waals surface area contributed by atoms with E-state index in [1.165, 1.54) is 15.6 Å². The van der Waals surface area contributed by atoms with Gasteiger partial charge in [-0.15, -0.1) is 22.9 Å². The van der Waals surface area contributed by atoms with E-state index in [1.54, 1.807) is 11.3 Å². The summed E-state index contributed by atoms with van der Waals surface area (Å²) in [6.45, 7) is 0. The Balaban J connectivity index is 2.77. The summed E-state index contributed by atoms with van der Waals surface area (Å²) in [6.07, 6.45) is 0. The smallest absolute Gasteiger partial charge is 0.0488 e. The highest BCUT2D eigenvalue weighted by Crippen LogP contribution is 2.31. The molecule has 0 unspecified atom stereocenters. The number of thiophene rings is 1. The molecule has 0 aliphatic rings. The third kappa shape index (κ3) is 1.65. The van der Waals surface area contributed by atoms with Crippen molar-refractivity contribution in [2.75, 3.05) is 5.73 Å². The highest BCUT2D eigenvalue weighted by atomic mass is 127. The summed E-state index contributed by atoms with van der Waals surface area (Å²) >= 11 is 9.76. The predicted octanol–water partition coefficient (Wildman–Crippen LogP) is 3.83. The molecule has 1 aromatic heterocycles. The van der Waals surface area contributed by atoms with Crippen molar-refractivity contribution in [2.45, 2.75) is 5.88 Å². The van der Waals surface area contributed by atoms with E-state index in [4.69, 9.17) is 17.3 Å². The number of hydrogen-bond donors (Lipinski definition) is 1. The van der Waals surface area contributed by atoms with Gasteiger partial charge in [-0.05, 0) is 51.1 Å². The third-order valence-electron chi connectivity index (χ3n) is 1.92. The summed E-state index contributed by atoms with van der Waals surface area (Å²) in [5.74, 6) is 0.556. The molecule has 2 aromatic rings. The van der Waals surface area contributed by atoms with Crippen molar-refractivity contribution in [1.29, 1.82) is 0 Å². The Morgan fingerprint density at radius 1 is 1.46 bits per heavy atom. The van der Waals surface area contributed by atoms with E-state index in [0.29, 0.717) is 5.88 Å². The van der Waals surface area contributed by atoms with Gasteiger partial charge in [0.25, 0.3) is 0 Å². The average Bonchev–Trinajstić information content (AvgIpc) is 2.48. The van der Waals surface area contributed by atoms with E-state index in [1.807, 2.05) is 6.07 Å². The molecular weight excluding hydrogens is 317 g/mol. The number of alkyl halides is 1. The zero-order chi connectivity index (χ0) is 9.42. The molecule has 1 aromatic carbocycles. The molecule has 2 N–H and O–H groups in total. The zero-order valence-corrected chi connectivity index (χ0v) is 10.4. The number of anilines is 1. The van der Waals surface area contributed by atoms with Gasteiger partial charge in [-0.25, -0.2) is 0 Å². The Kier molecular flexibility index (Phi) is 2.67. The van der Waals surface area contributed by atoms with E-state index >= 15 is 0 Å². The van der Waals surface area contributed by atoms with Crippen molar-refractivity contribution in [1.82, 2.24) is 0 Å². The molecule has 68 valence electrons. The van der Waals surface area contributed by atoms with Crippen LogP contribution in [0.3, 0.4) is 0 Å². The second-order valence-electron chi connectivity index (χ2n) is 2.76. The van der Waals surface area contributed by atoms with Crippen LogP contribution in [0.15, 0.2) is 17.5 Å². The predicted molar refractivity (Wildman–Crippen MR) is 68.5 cm³/mol. The molecule has 0 fully saturated rings. The number of fused-ring (bicyclic) bond motifs is 1. The first kappa shape index (κ1) is 9.55. The highest BCUT2D eigenvalue weighted by Gasteiger charge is 2.05. The van der Waals surface area contributed by atoms with Crippen LogP contribution < -0.4 is 5.73 Å². The van der Waals surface area contributed by atoms with Crippen LogP contribution >= 0.6 is 45.5 Å². The Labute approximate surface area is 99.0 Å². The first-order chi connectivity index (χ1) is 6.22. The Morgan fingerprint density at radius 2 is 2.23 bits per heavy atom. The second-order valence-corrected chi connectivity index (χ2v) is 5.11. The minimum Gasteiger partial charge on any atom is -0.398 e. The van der Waals surface area contributed by atoms with Crippen LogP contribution in [-0.4, -0.2) is 0 Å². The van der Waals surface area contributed by atoms with Crippen LogP contribution in [0.1, 0.15) is 5.56 Å². The summed E-state index contributed by atoms with van der Waals surface area (Å²) in [5.41, 5.74) is 7.83. The summed E-state index contributed by atoms with van der Waals surface area (Å²) in [6, 6.07) is 4.11. The van der Waals surface area contributed by atoms with Gasteiger partial charge in [0.05, 0.1) is 0 Å². The topological polar surface area (TPSA) is 26.0 Å². The summed E-state index contributed by atoms with van der Waals surface area (Å²) in [7, 11) is 0. The van der Waals surface area contributed by atoms with Crippen molar-refractivity contribution < 1.29 is 0 Å². The van der Waals surface area contributed by atoms with Gasteiger partial charge in [-0.1, -0.05) is 0 Å². The van der Waals surface area contributed by atoms with Gasteiger partial charge in [0.2, 0.25) is 0 Å². The zero-order valence-electron chi connectivity index (χ0n) is 6.68. The van der Waals surface area contributed by atoms with Gasteiger partial charge < -0.3 is 5.73 Å². The van der Waals surface area contributed by atoms with Crippen molar-refractivity contribution in [3.8, 4) is 0 Å². The fraction of sp³-hybridized carbons (Fsp3) is 0.111. The molecule has 0 saturated carbocycles. The molecule has 0 saturated heterocycles. The Hall–Kier alpha value is -0.000000000000000111. The van der Waals surface area contributed by atoms with Crippen molar-refractivity contribution >= 4 is 61.3 Å². The van der Waals surface area contributed by atoms with E-state index in [-0.39, 0.29) is 0 Å². The molecule has 0 aliphatic carbocycles. The minimum absolute atomic E-state index is 0.556. The van der Waals surface area contributed by atoms with Crippen LogP contribution in [-0.2, 0) is 5.88 Å². The molecule has 0 bridgehead atoms. The number of rotatable bonds is 1. The quantitative estimate of drug-likeness (QED) is 0.482. The summed E-state index contributed by atoms with van der Waals surface area (Å²) < 4.78 is 2.36. The summed E-state index contributed by atoms with van der Waals surface area (Å²) in [4.78, 5) is 0. The number of nitrogen functional groups attached to an aromatic ring is 1. The third-order valence-corrected chi connectivity index (χ3v) is 4.13. The largest absolute Gasteiger partial charge is 0.398 e. The maximum Gasteiger partial charge on any atom is 0.0488 e. The van der Waals surface area contributed by atoms with Crippen LogP contribution in [0.25, 0.3) is 10.1 Å². The molecule has 0 atom stereocenters. The van der Waals surface area contributed by atoms with Gasteiger partial charge in [0.15, 0.2) is 0 Å². The van der Waals surface area contributed by atoms with E-state index in [9.17, 15) is 0 Å². The molecular formula is C9H7ClINS. The summed E-state index contributed by atoms with van der Waals surface area (Å²) in [5, 5.41) is 3.28. The molecule has 0 spiro atoms. The van der Waals surface area contributed by atoms with Gasteiger partial charge in [0, 0.05) is 19.8 Å². The fourth-order valence-corrected chi connectivity index (χ4v) is 3.20. The van der Waals surface area contributed by atoms with Crippen LogP contribution in [0, 0.1) is 3.57 Å². The van der Waals surface area contributed by atoms with Crippen molar-refractivity contribution in [3.05, 3.63) is 26.6 Å². The molecule has 1 heterocycles. The first-order valence-corrected chi connectivity index (χ1v) is 6.22. The van der Waals surface area contributed by atoms with Gasteiger partial charge in [-0.2, -0.15) is 0 Å². The van der Waals surface area contributed by atoms with Crippen molar-refractivity contribution in [3.63, 3.8) is 0 Å². The molecule has 13 heavy (non-hydrogen) atoms. The second kappa shape index (κ2) is 3.63. The number of benzene rings is 1. The molecule has 2 rings (SSSR count). The van der Waals surface area contributed by atoms with Crippen LogP contribution in [0.5, 0.6) is 0 Å². The molecule has 0 amide bonds. The van der Waals surface area contributed by atoms with E-state index < -0.39 is 0 Å². The van der Waals surface area contributed by atoms with Crippen LogP contribution in [0.4, 0.5) is 5.69 Å². The standard InChI is InChI=1S/C9H7ClINS/c10-3-5-4-13-9-2-7(11)8(12)1-6(5)9/h1-2,4H,3,12H2. The maximum atomic E-state index is 5.82. The van der Waals surface area contributed by atoms with E-state index in [0.717, 1.165) is 9.26 Å². The lowest BCUT2D eigenvalue weighted by molar-refractivity contribution is 1.49. The lowest BCUT2D eigenvalue weighted by atomic mass is 10.2. The highest BCUT2D eigenvalue weighted by molar-refractivity contribution is 14.1. The first-order valence-electron chi connectivity index (χ1n) is 3.73. The molecule has 1 nitrogen and oxygen atoms in total. The van der Waals surface area contributed by atoms with Crippen LogP contribution in [0.2, 0.25) is 0 Å². The Bertz CT molecular complexity index is 452. The minimum atomic E-state index is 0.556. The lowest BCUT2D eigenvalue weighted by Gasteiger charge is -1.99. The molecule has 0 radical (unpaired) electrons. The Morgan fingerprint density at radius 3 is 2.92 bits per heavy atom. The lowest BCUT2D eigenvalue weighted by Crippen LogP contribution is -1.88. The number of hydrogen-bond acceptors (Lipinski definition) is 2. The van der Waals surface area contributed by atoms with Gasteiger partial charge in [0.1, 0.15) is 0 Å². The van der Waals surface area contributed by atoms with Gasteiger partial charge in [-0.3, -0.25) is 0 Å². The molecule has 0 aliphatic heterocycles. The SMILES string of the molecule is Nc1cc2c(CCl)csc2cc1I.